The van der Waals surface area contributed by atoms with Gasteiger partial charge in [-0.1, -0.05) is 13.8 Å². The van der Waals surface area contributed by atoms with Crippen LogP contribution in [0.15, 0.2) is 0 Å². The van der Waals surface area contributed by atoms with Crippen LogP contribution >= 0.6 is 0 Å². The quantitative estimate of drug-likeness (QED) is 0.724. The van der Waals surface area contributed by atoms with Crippen LogP contribution in [0.25, 0.3) is 0 Å². The molecule has 0 aromatic carbocycles. The molecule has 3 fully saturated rings. The van der Waals surface area contributed by atoms with Crippen LogP contribution in [0.4, 0.5) is 0 Å². The average molecular weight is 197 g/mol. The van der Waals surface area contributed by atoms with Crippen molar-refractivity contribution in [3.63, 3.8) is 0 Å². The standard InChI is InChI=1S/C12H23NO/c1-12(2)8-3-4-9(10(12)7-8)11(14)5-6-13/h8-11,14H,3-7,13H2,1-2H3/t8-,9?,10-,11-/m0/s1. The minimum Gasteiger partial charge on any atom is -0.393 e. The first kappa shape index (κ1) is 10.4. The van der Waals surface area contributed by atoms with E-state index in [9.17, 15) is 5.11 Å². The molecule has 0 aromatic heterocycles. The van der Waals surface area contributed by atoms with Gasteiger partial charge in [-0.2, -0.15) is 0 Å². The Labute approximate surface area is 86.9 Å². The van der Waals surface area contributed by atoms with Crippen LogP contribution in [0, 0.1) is 23.2 Å². The third kappa shape index (κ3) is 1.40. The van der Waals surface area contributed by atoms with Crippen molar-refractivity contribution in [1.29, 1.82) is 0 Å². The molecule has 0 amide bonds. The largest absolute Gasteiger partial charge is 0.393 e. The van der Waals surface area contributed by atoms with Gasteiger partial charge in [0.2, 0.25) is 0 Å². The van der Waals surface area contributed by atoms with E-state index in [0.717, 1.165) is 18.3 Å². The summed E-state index contributed by atoms with van der Waals surface area (Å²) in [5.74, 6) is 2.20. The molecule has 3 saturated carbocycles. The van der Waals surface area contributed by atoms with Crippen molar-refractivity contribution in [2.75, 3.05) is 6.54 Å². The Balaban J connectivity index is 2.00. The third-order valence-corrected chi connectivity index (χ3v) is 4.87. The van der Waals surface area contributed by atoms with Crippen molar-refractivity contribution in [2.24, 2.45) is 28.9 Å². The van der Waals surface area contributed by atoms with Gasteiger partial charge in [-0.3, -0.25) is 0 Å². The molecule has 0 saturated heterocycles. The fourth-order valence-corrected chi connectivity index (χ4v) is 3.71. The monoisotopic (exact) mass is 197 g/mol. The Morgan fingerprint density at radius 1 is 1.43 bits per heavy atom. The van der Waals surface area contributed by atoms with Gasteiger partial charge >= 0.3 is 0 Å². The Bertz CT molecular complexity index is 212. The second-order valence-electron chi connectivity index (χ2n) is 5.75. The predicted molar refractivity (Wildman–Crippen MR) is 57.8 cm³/mol. The summed E-state index contributed by atoms with van der Waals surface area (Å²) in [5, 5.41) is 10.0. The van der Waals surface area contributed by atoms with Gasteiger partial charge in [0.25, 0.3) is 0 Å². The van der Waals surface area contributed by atoms with Gasteiger partial charge in [0, 0.05) is 0 Å². The Kier molecular flexibility index (Phi) is 2.61. The molecule has 2 nitrogen and oxygen atoms in total. The molecule has 0 heterocycles. The van der Waals surface area contributed by atoms with Crippen molar-refractivity contribution < 1.29 is 5.11 Å². The van der Waals surface area contributed by atoms with E-state index in [-0.39, 0.29) is 6.10 Å². The Hall–Kier alpha value is -0.0800. The van der Waals surface area contributed by atoms with Crippen LogP contribution in [0.2, 0.25) is 0 Å². The van der Waals surface area contributed by atoms with Gasteiger partial charge < -0.3 is 10.8 Å². The molecule has 2 bridgehead atoms. The van der Waals surface area contributed by atoms with Crippen molar-refractivity contribution in [3.8, 4) is 0 Å². The molecule has 3 aliphatic carbocycles. The molecule has 0 aliphatic heterocycles. The lowest BCUT2D eigenvalue weighted by Gasteiger charge is -2.61. The molecule has 3 rings (SSSR count). The molecule has 0 radical (unpaired) electrons. The second kappa shape index (κ2) is 3.49. The van der Waals surface area contributed by atoms with Crippen molar-refractivity contribution in [3.05, 3.63) is 0 Å². The van der Waals surface area contributed by atoms with E-state index in [1.54, 1.807) is 0 Å². The number of hydrogen-bond donors (Lipinski definition) is 2. The summed E-state index contributed by atoms with van der Waals surface area (Å²) < 4.78 is 0. The van der Waals surface area contributed by atoms with Gasteiger partial charge in [0.15, 0.2) is 0 Å². The van der Waals surface area contributed by atoms with Crippen molar-refractivity contribution >= 4 is 0 Å². The zero-order chi connectivity index (χ0) is 10.3. The van der Waals surface area contributed by atoms with Crippen molar-refractivity contribution in [2.45, 2.75) is 45.6 Å². The summed E-state index contributed by atoms with van der Waals surface area (Å²) in [4.78, 5) is 0. The van der Waals surface area contributed by atoms with E-state index >= 15 is 0 Å². The highest BCUT2D eigenvalue weighted by atomic mass is 16.3. The molecule has 82 valence electrons. The first-order chi connectivity index (χ1) is 6.57. The number of aliphatic hydroxyl groups is 1. The van der Waals surface area contributed by atoms with E-state index in [1.807, 2.05) is 0 Å². The van der Waals surface area contributed by atoms with E-state index < -0.39 is 0 Å². The van der Waals surface area contributed by atoms with Gasteiger partial charge in [-0.25, -0.2) is 0 Å². The molecule has 1 unspecified atom stereocenters. The normalized spacial score (nSPS) is 41.6. The zero-order valence-corrected chi connectivity index (χ0v) is 9.37. The topological polar surface area (TPSA) is 46.2 Å². The number of hydrogen-bond acceptors (Lipinski definition) is 2. The molecule has 14 heavy (non-hydrogen) atoms. The first-order valence-corrected chi connectivity index (χ1v) is 5.95. The van der Waals surface area contributed by atoms with E-state index in [4.69, 9.17) is 5.73 Å². The zero-order valence-electron chi connectivity index (χ0n) is 9.37. The minimum absolute atomic E-state index is 0.148. The van der Waals surface area contributed by atoms with Crippen LogP contribution < -0.4 is 5.73 Å². The molecule has 2 heteroatoms. The van der Waals surface area contributed by atoms with Crippen LogP contribution in [0.1, 0.15) is 39.5 Å². The van der Waals surface area contributed by atoms with Gasteiger partial charge in [0.1, 0.15) is 0 Å². The number of rotatable bonds is 3. The van der Waals surface area contributed by atoms with Gasteiger partial charge in [0.05, 0.1) is 6.10 Å². The lowest BCUT2D eigenvalue weighted by Crippen LogP contribution is -2.55. The van der Waals surface area contributed by atoms with Crippen LogP contribution in [0.3, 0.4) is 0 Å². The molecule has 0 aromatic rings. The molecular weight excluding hydrogens is 174 g/mol. The van der Waals surface area contributed by atoms with Crippen LogP contribution in [-0.4, -0.2) is 17.8 Å². The molecule has 4 atom stereocenters. The Morgan fingerprint density at radius 3 is 2.64 bits per heavy atom. The molecular formula is C12H23NO. The minimum atomic E-state index is -0.148. The Morgan fingerprint density at radius 2 is 2.14 bits per heavy atom. The van der Waals surface area contributed by atoms with E-state index in [1.165, 1.54) is 19.3 Å². The highest BCUT2D eigenvalue weighted by Gasteiger charge is 2.55. The highest BCUT2D eigenvalue weighted by molar-refractivity contribution is 5.04. The maximum Gasteiger partial charge on any atom is 0.0583 e. The fraction of sp³-hybridized carbons (Fsp3) is 1.00. The van der Waals surface area contributed by atoms with E-state index in [0.29, 0.717) is 17.9 Å². The molecule has 3 aliphatic rings. The predicted octanol–water partition coefficient (Wildman–Crippen LogP) is 1.77. The second-order valence-corrected chi connectivity index (χ2v) is 5.75. The summed E-state index contributed by atoms with van der Waals surface area (Å²) in [5.41, 5.74) is 5.99. The highest BCUT2D eigenvalue weighted by Crippen LogP contribution is 2.62. The maximum atomic E-state index is 10.0. The summed E-state index contributed by atoms with van der Waals surface area (Å²) in [6.07, 6.45) is 4.52. The van der Waals surface area contributed by atoms with Crippen molar-refractivity contribution in [1.82, 2.24) is 0 Å². The number of fused-ring (bicyclic) bond motifs is 2. The summed E-state index contributed by atoms with van der Waals surface area (Å²) in [7, 11) is 0. The lowest BCUT2D eigenvalue weighted by molar-refractivity contribution is -0.137. The fourth-order valence-electron chi connectivity index (χ4n) is 3.71. The SMILES string of the molecule is CC1(C)[C@H]2CCC([C@@H](O)CCN)[C@@H]1C2. The first-order valence-electron chi connectivity index (χ1n) is 5.95. The molecule has 0 spiro atoms. The maximum absolute atomic E-state index is 10.0. The van der Waals surface area contributed by atoms with Crippen LogP contribution in [0.5, 0.6) is 0 Å². The molecule has 3 N–H and O–H groups in total. The third-order valence-electron chi connectivity index (χ3n) is 4.87. The summed E-state index contributed by atoms with van der Waals surface area (Å²) >= 11 is 0. The summed E-state index contributed by atoms with van der Waals surface area (Å²) in [6.45, 7) is 5.36. The summed E-state index contributed by atoms with van der Waals surface area (Å²) in [6, 6.07) is 0. The number of aliphatic hydroxyl groups excluding tert-OH is 1. The van der Waals surface area contributed by atoms with E-state index in [2.05, 4.69) is 13.8 Å². The number of nitrogens with two attached hydrogens (primary N) is 1. The van der Waals surface area contributed by atoms with Gasteiger partial charge in [-0.15, -0.1) is 0 Å². The van der Waals surface area contributed by atoms with Gasteiger partial charge in [-0.05, 0) is 55.4 Å². The lowest BCUT2D eigenvalue weighted by atomic mass is 9.45. The van der Waals surface area contributed by atoms with Crippen LogP contribution in [-0.2, 0) is 0 Å². The average Bonchev–Trinajstić information content (AvgIpc) is 2.18. The smallest absolute Gasteiger partial charge is 0.0583 e.